The van der Waals surface area contributed by atoms with Crippen molar-refractivity contribution in [1.82, 2.24) is 15.3 Å². The van der Waals surface area contributed by atoms with Crippen LogP contribution >= 0.6 is 11.3 Å². The number of hydrogen-bond acceptors (Lipinski definition) is 7. The number of aryl methyl sites for hydroxylation is 1. The smallest absolute Gasteiger partial charge is 0.292 e. The predicted molar refractivity (Wildman–Crippen MR) is 150 cm³/mol. The maximum atomic E-state index is 13.3. The van der Waals surface area contributed by atoms with Gasteiger partial charge in [0.2, 0.25) is 0 Å². The van der Waals surface area contributed by atoms with E-state index in [1.165, 1.54) is 23.2 Å². The van der Waals surface area contributed by atoms with Crippen LogP contribution in [0.4, 0.5) is 5.82 Å². The van der Waals surface area contributed by atoms with E-state index in [9.17, 15) is 9.59 Å². The molecule has 0 aromatic carbocycles. The van der Waals surface area contributed by atoms with Crippen molar-refractivity contribution in [3.63, 3.8) is 0 Å². The summed E-state index contributed by atoms with van der Waals surface area (Å²) in [6.45, 7) is 6.81. The van der Waals surface area contributed by atoms with Crippen LogP contribution in [-0.4, -0.2) is 28.3 Å². The number of thiophene rings is 1. The second-order valence-electron chi connectivity index (χ2n) is 10.7. The Labute approximate surface area is 229 Å². The van der Waals surface area contributed by atoms with Gasteiger partial charge in [0.15, 0.2) is 5.76 Å². The number of amides is 2. The molecule has 0 unspecified atom stereocenters. The summed E-state index contributed by atoms with van der Waals surface area (Å²) >= 11 is 1.34. The molecule has 0 bridgehead atoms. The Morgan fingerprint density at radius 2 is 2.05 bits per heavy atom. The van der Waals surface area contributed by atoms with E-state index in [2.05, 4.69) is 52.5 Å². The monoisotopic (exact) mass is 543 g/mol. The SMILES string of the molecule is CC(C)(C)[C@@H]1CCc2nc3sc(C(=O)N[C@@H](CN=[N+]=[N-])c4cccc(NC(=O)c5ccco5)n4)cc3cc2C1. The standard InChI is InChI=1S/C28H29N7O3S/c1-28(2,3)18-9-10-19-16(13-18)12-17-14-23(39-27(17)33-19)26(37)32-21(15-30-35-29)20-6-4-8-24(31-20)34-25(36)22-7-5-11-38-22/h4-8,11-12,14,18,21H,9-10,13,15H2,1-3H3,(H,32,37)(H,31,34,36)/t18-,21+/m1/s1. The molecule has 0 aliphatic heterocycles. The second-order valence-corrected chi connectivity index (χ2v) is 11.8. The second kappa shape index (κ2) is 10.9. The minimum absolute atomic E-state index is 0.0452. The molecular weight excluding hydrogens is 514 g/mol. The quantitative estimate of drug-likeness (QED) is 0.156. The third kappa shape index (κ3) is 5.94. The molecular formula is C28H29N7O3S. The van der Waals surface area contributed by atoms with Gasteiger partial charge in [-0.1, -0.05) is 32.0 Å². The molecule has 1 aliphatic carbocycles. The fraction of sp³-hybridized carbons (Fsp3) is 0.357. The Hall–Kier alpha value is -4.21. The zero-order valence-electron chi connectivity index (χ0n) is 22.0. The molecule has 2 atom stereocenters. The fourth-order valence-electron chi connectivity index (χ4n) is 4.84. The highest BCUT2D eigenvalue weighted by molar-refractivity contribution is 7.20. The Morgan fingerprint density at radius 1 is 1.21 bits per heavy atom. The third-order valence-electron chi connectivity index (χ3n) is 7.07. The molecule has 11 heteroatoms. The van der Waals surface area contributed by atoms with Gasteiger partial charge in [0.25, 0.3) is 11.8 Å². The van der Waals surface area contributed by atoms with Crippen LogP contribution in [0.2, 0.25) is 0 Å². The fourth-order valence-corrected chi connectivity index (χ4v) is 5.77. The van der Waals surface area contributed by atoms with Crippen LogP contribution < -0.4 is 10.6 Å². The molecule has 1 aliphatic rings. The van der Waals surface area contributed by atoms with Gasteiger partial charge in [0, 0.05) is 16.0 Å². The first-order chi connectivity index (χ1) is 18.7. The van der Waals surface area contributed by atoms with Crippen molar-refractivity contribution in [2.75, 3.05) is 11.9 Å². The molecule has 0 saturated heterocycles. The van der Waals surface area contributed by atoms with Crippen molar-refractivity contribution in [2.24, 2.45) is 16.4 Å². The topological polar surface area (TPSA) is 146 Å². The van der Waals surface area contributed by atoms with Gasteiger partial charge in [0.1, 0.15) is 10.6 Å². The van der Waals surface area contributed by atoms with E-state index in [1.54, 1.807) is 30.3 Å². The summed E-state index contributed by atoms with van der Waals surface area (Å²) in [5, 5.41) is 10.2. The maximum absolute atomic E-state index is 13.3. The molecule has 4 aromatic rings. The minimum Gasteiger partial charge on any atom is -0.459 e. The van der Waals surface area contributed by atoms with Crippen molar-refractivity contribution in [3.05, 3.63) is 86.8 Å². The lowest BCUT2D eigenvalue weighted by Crippen LogP contribution is -2.30. The Morgan fingerprint density at radius 3 is 2.79 bits per heavy atom. The first kappa shape index (κ1) is 26.4. The van der Waals surface area contributed by atoms with E-state index in [0.29, 0.717) is 16.5 Å². The zero-order chi connectivity index (χ0) is 27.6. The van der Waals surface area contributed by atoms with Crippen molar-refractivity contribution in [3.8, 4) is 0 Å². The molecule has 0 radical (unpaired) electrons. The van der Waals surface area contributed by atoms with Crippen LogP contribution in [0, 0.1) is 11.3 Å². The number of aromatic nitrogens is 2. The Bertz CT molecular complexity index is 1570. The van der Waals surface area contributed by atoms with Crippen LogP contribution in [0.15, 0.2) is 58.3 Å². The van der Waals surface area contributed by atoms with E-state index in [4.69, 9.17) is 14.9 Å². The van der Waals surface area contributed by atoms with Gasteiger partial charge < -0.3 is 15.1 Å². The number of nitrogens with one attached hydrogen (secondary N) is 2. The van der Waals surface area contributed by atoms with Gasteiger partial charge in [-0.2, -0.15) is 0 Å². The average Bonchev–Trinajstić information content (AvgIpc) is 3.59. The summed E-state index contributed by atoms with van der Waals surface area (Å²) < 4.78 is 5.12. The molecule has 200 valence electrons. The van der Waals surface area contributed by atoms with Crippen molar-refractivity contribution in [2.45, 2.75) is 46.1 Å². The molecule has 39 heavy (non-hydrogen) atoms. The number of pyridine rings is 2. The van der Waals surface area contributed by atoms with Gasteiger partial charge in [-0.05, 0) is 78.1 Å². The number of azide groups is 1. The Kier molecular flexibility index (Phi) is 7.36. The molecule has 2 amide bonds. The summed E-state index contributed by atoms with van der Waals surface area (Å²) in [5.74, 6) is 0.261. The van der Waals surface area contributed by atoms with Gasteiger partial charge in [-0.3, -0.25) is 9.59 Å². The van der Waals surface area contributed by atoms with Crippen LogP contribution in [0.1, 0.15) is 70.4 Å². The summed E-state index contributed by atoms with van der Waals surface area (Å²) in [7, 11) is 0. The molecule has 5 rings (SSSR count). The van der Waals surface area contributed by atoms with Gasteiger partial charge in [0.05, 0.1) is 29.4 Å². The molecule has 2 N–H and O–H groups in total. The van der Waals surface area contributed by atoms with Crippen LogP contribution in [0.3, 0.4) is 0 Å². The third-order valence-corrected chi connectivity index (χ3v) is 8.11. The first-order valence-corrected chi connectivity index (χ1v) is 13.6. The summed E-state index contributed by atoms with van der Waals surface area (Å²) in [5.41, 5.74) is 12.0. The van der Waals surface area contributed by atoms with Crippen molar-refractivity contribution in [1.29, 1.82) is 0 Å². The zero-order valence-corrected chi connectivity index (χ0v) is 22.8. The van der Waals surface area contributed by atoms with Crippen LogP contribution in [0.25, 0.3) is 20.7 Å². The Balaban J connectivity index is 1.35. The average molecular weight is 544 g/mol. The van der Waals surface area contributed by atoms with E-state index < -0.39 is 11.9 Å². The normalized spacial score (nSPS) is 15.7. The highest BCUT2D eigenvalue weighted by Gasteiger charge is 2.30. The number of anilines is 1. The van der Waals surface area contributed by atoms with Crippen molar-refractivity contribution >= 4 is 39.2 Å². The van der Waals surface area contributed by atoms with Gasteiger partial charge in [-0.15, -0.1) is 11.3 Å². The van der Waals surface area contributed by atoms with Gasteiger partial charge in [-0.25, -0.2) is 9.97 Å². The van der Waals surface area contributed by atoms with Crippen molar-refractivity contribution < 1.29 is 14.0 Å². The van der Waals surface area contributed by atoms with E-state index in [0.717, 1.165) is 35.2 Å². The summed E-state index contributed by atoms with van der Waals surface area (Å²) in [6.07, 6.45) is 4.46. The molecule has 4 aromatic heterocycles. The number of rotatable bonds is 7. The summed E-state index contributed by atoms with van der Waals surface area (Å²) in [6, 6.07) is 11.5. The largest absolute Gasteiger partial charge is 0.459 e. The number of hydrogen-bond donors (Lipinski definition) is 2. The van der Waals surface area contributed by atoms with E-state index in [1.807, 2.05) is 6.07 Å². The lowest BCUT2D eigenvalue weighted by molar-refractivity contribution is 0.0939. The molecule has 10 nitrogen and oxygen atoms in total. The lowest BCUT2D eigenvalue weighted by Gasteiger charge is -2.34. The van der Waals surface area contributed by atoms with Crippen LogP contribution in [-0.2, 0) is 12.8 Å². The lowest BCUT2D eigenvalue weighted by atomic mass is 9.71. The van der Waals surface area contributed by atoms with E-state index in [-0.39, 0.29) is 29.4 Å². The maximum Gasteiger partial charge on any atom is 0.292 e. The number of furan rings is 1. The number of fused-ring (bicyclic) bond motifs is 2. The van der Waals surface area contributed by atoms with E-state index >= 15 is 0 Å². The predicted octanol–water partition coefficient (Wildman–Crippen LogP) is 6.47. The minimum atomic E-state index is -0.701. The molecule has 4 heterocycles. The number of nitrogens with zero attached hydrogens (tertiary/aromatic N) is 5. The summed E-state index contributed by atoms with van der Waals surface area (Å²) in [4.78, 5) is 39.2. The molecule has 0 fully saturated rings. The first-order valence-electron chi connectivity index (χ1n) is 12.8. The van der Waals surface area contributed by atoms with Gasteiger partial charge >= 0.3 is 0 Å². The molecule has 0 spiro atoms. The number of carbonyl (C=O) groups is 2. The number of carbonyl (C=O) groups excluding carboxylic acids is 2. The highest BCUT2D eigenvalue weighted by Crippen LogP contribution is 2.38. The van der Waals surface area contributed by atoms with Crippen LogP contribution in [0.5, 0.6) is 0 Å². The highest BCUT2D eigenvalue weighted by atomic mass is 32.1. The molecule has 0 saturated carbocycles.